The molecule has 0 spiro atoms. The van der Waals surface area contributed by atoms with Gasteiger partial charge >= 0.3 is 0 Å². The van der Waals surface area contributed by atoms with Crippen LogP contribution in [0.4, 0.5) is 5.69 Å². The lowest BCUT2D eigenvalue weighted by Crippen LogP contribution is -2.36. The number of anilines is 1. The fourth-order valence-corrected chi connectivity index (χ4v) is 2.60. The highest BCUT2D eigenvalue weighted by Crippen LogP contribution is 2.27. The molecule has 140 valence electrons. The number of hydrogen-bond donors (Lipinski definition) is 2. The van der Waals surface area contributed by atoms with E-state index in [0.717, 1.165) is 25.9 Å². The van der Waals surface area contributed by atoms with Gasteiger partial charge in [0, 0.05) is 19.8 Å². The van der Waals surface area contributed by atoms with Crippen LogP contribution in [0.1, 0.15) is 44.0 Å². The number of ether oxygens (including phenoxy) is 2. The minimum absolute atomic E-state index is 0.0370. The molecule has 1 fully saturated rings. The number of carbonyl (C=O) groups is 2. The first-order valence-electron chi connectivity index (χ1n) is 8.53. The molecule has 1 atom stereocenters. The van der Waals surface area contributed by atoms with E-state index in [-0.39, 0.29) is 35.2 Å². The van der Waals surface area contributed by atoms with Crippen LogP contribution in [0.25, 0.3) is 0 Å². The third-order valence-electron chi connectivity index (χ3n) is 3.83. The molecule has 0 aliphatic carbocycles. The number of rotatable bonds is 6. The van der Waals surface area contributed by atoms with Crippen molar-refractivity contribution in [1.29, 1.82) is 0 Å². The Balaban J connectivity index is 0.000000333. The molecule has 0 saturated carbocycles. The monoisotopic (exact) mass is 352 g/mol. The summed E-state index contributed by atoms with van der Waals surface area (Å²) in [4.78, 5) is 24.5. The van der Waals surface area contributed by atoms with E-state index in [2.05, 4.69) is 0 Å². The van der Waals surface area contributed by atoms with Crippen LogP contribution in [-0.4, -0.2) is 54.3 Å². The van der Waals surface area contributed by atoms with Crippen LogP contribution in [0.15, 0.2) is 18.2 Å². The van der Waals surface area contributed by atoms with E-state index in [4.69, 9.17) is 15.2 Å². The van der Waals surface area contributed by atoms with Crippen molar-refractivity contribution in [2.75, 3.05) is 25.5 Å². The molecule has 1 aromatic carbocycles. The van der Waals surface area contributed by atoms with Crippen LogP contribution in [0.2, 0.25) is 0 Å². The van der Waals surface area contributed by atoms with Crippen molar-refractivity contribution in [2.45, 2.75) is 45.9 Å². The number of nitrogens with two attached hydrogens (primary N) is 1. The molecule has 0 radical (unpaired) electrons. The van der Waals surface area contributed by atoms with Crippen LogP contribution in [0.3, 0.4) is 0 Å². The summed E-state index contributed by atoms with van der Waals surface area (Å²) in [6.07, 6.45) is 2.25. The molecule has 7 nitrogen and oxygen atoms in total. The normalized spacial score (nSPS) is 16.5. The highest BCUT2D eigenvalue weighted by molar-refractivity contribution is 6.01. The summed E-state index contributed by atoms with van der Waals surface area (Å²) in [5, 5.41) is 9.45. The second kappa shape index (κ2) is 10.7. The summed E-state index contributed by atoms with van der Waals surface area (Å²) in [5.41, 5.74) is 5.96. The molecule has 2 rings (SSSR count). The Morgan fingerprint density at radius 1 is 1.40 bits per heavy atom. The minimum atomic E-state index is -0.371. The van der Waals surface area contributed by atoms with E-state index < -0.39 is 0 Å². The van der Waals surface area contributed by atoms with Gasteiger partial charge in [-0.2, -0.15) is 0 Å². The quantitative estimate of drug-likeness (QED) is 0.352. The Hall–Kier alpha value is -2.12. The van der Waals surface area contributed by atoms with E-state index in [9.17, 15) is 14.7 Å². The molecule has 7 heteroatoms. The molecule has 0 unspecified atom stereocenters. The van der Waals surface area contributed by atoms with Gasteiger partial charge in [0.25, 0.3) is 5.91 Å². The second-order valence-electron chi connectivity index (χ2n) is 5.56. The number of likely N-dealkylation sites (tertiary alicyclic amines) is 1. The van der Waals surface area contributed by atoms with Crippen molar-refractivity contribution in [3.8, 4) is 5.75 Å². The summed E-state index contributed by atoms with van der Waals surface area (Å²) in [7, 11) is 0. The van der Waals surface area contributed by atoms with E-state index in [1.54, 1.807) is 12.1 Å². The number of phenols is 1. The highest BCUT2D eigenvalue weighted by atomic mass is 16.7. The van der Waals surface area contributed by atoms with Gasteiger partial charge in [-0.25, -0.2) is 0 Å². The second-order valence-corrected chi connectivity index (χ2v) is 5.56. The number of para-hydroxylation sites is 1. The number of benzene rings is 1. The van der Waals surface area contributed by atoms with Gasteiger partial charge in [0.1, 0.15) is 12.0 Å². The SMILES string of the molecule is CCOC(C)OCC.Nc1c(O)cccc1C(=O)N1CCC[C@H]1C=O. The molecule has 3 N–H and O–H groups in total. The summed E-state index contributed by atoms with van der Waals surface area (Å²) in [6, 6.07) is 4.17. The molecule has 1 heterocycles. The number of nitrogen functional groups attached to an aromatic ring is 1. The molecule has 1 aromatic rings. The van der Waals surface area contributed by atoms with Gasteiger partial charge in [-0.1, -0.05) is 6.07 Å². The number of nitrogens with zero attached hydrogens (tertiary/aromatic N) is 1. The molecule has 1 aliphatic heterocycles. The lowest BCUT2D eigenvalue weighted by molar-refractivity contribution is -0.123. The predicted octanol–water partition coefficient (Wildman–Crippen LogP) is 2.18. The summed E-state index contributed by atoms with van der Waals surface area (Å²) in [5.74, 6) is -0.411. The van der Waals surface area contributed by atoms with Crippen molar-refractivity contribution in [3.05, 3.63) is 23.8 Å². The standard InChI is InChI=1S/C12H14N2O3.C6H14O2/c13-11-9(4-1-5-10(11)16)12(17)14-6-2-3-8(14)7-15;1-4-7-6(3)8-5-2/h1,4-5,7-8,16H,2-3,6,13H2;6H,4-5H2,1-3H3/t8-;/m0./s1. The van der Waals surface area contributed by atoms with Gasteiger partial charge in [0.2, 0.25) is 0 Å². The number of hydrogen-bond acceptors (Lipinski definition) is 6. The van der Waals surface area contributed by atoms with E-state index in [0.29, 0.717) is 13.0 Å². The molecule has 1 amide bonds. The Morgan fingerprint density at radius 2 is 2.04 bits per heavy atom. The third-order valence-corrected chi connectivity index (χ3v) is 3.83. The molecule has 25 heavy (non-hydrogen) atoms. The molecular weight excluding hydrogens is 324 g/mol. The van der Waals surface area contributed by atoms with Gasteiger partial charge in [-0.05, 0) is 45.7 Å². The third kappa shape index (κ3) is 6.03. The Morgan fingerprint density at radius 3 is 2.60 bits per heavy atom. The summed E-state index contributed by atoms with van der Waals surface area (Å²) >= 11 is 0. The van der Waals surface area contributed by atoms with Crippen molar-refractivity contribution in [1.82, 2.24) is 4.90 Å². The average molecular weight is 352 g/mol. The predicted molar refractivity (Wildman–Crippen MR) is 95.4 cm³/mol. The lowest BCUT2D eigenvalue weighted by atomic mass is 10.1. The maximum absolute atomic E-state index is 12.2. The van der Waals surface area contributed by atoms with Gasteiger partial charge in [0.05, 0.1) is 17.3 Å². The number of phenolic OH excluding ortho intramolecular Hbond substituents is 1. The van der Waals surface area contributed by atoms with Crippen molar-refractivity contribution < 1.29 is 24.2 Å². The number of aromatic hydroxyl groups is 1. The molecule has 1 saturated heterocycles. The molecular formula is C18H28N2O5. The van der Waals surface area contributed by atoms with Gasteiger partial charge < -0.3 is 30.0 Å². The zero-order valence-electron chi connectivity index (χ0n) is 15.1. The number of amides is 1. The smallest absolute Gasteiger partial charge is 0.256 e. The van der Waals surface area contributed by atoms with E-state index in [1.807, 2.05) is 20.8 Å². The van der Waals surface area contributed by atoms with Crippen LogP contribution < -0.4 is 5.73 Å². The van der Waals surface area contributed by atoms with Crippen molar-refractivity contribution >= 4 is 17.9 Å². The van der Waals surface area contributed by atoms with E-state index in [1.165, 1.54) is 11.0 Å². The highest BCUT2D eigenvalue weighted by Gasteiger charge is 2.30. The summed E-state index contributed by atoms with van der Waals surface area (Å²) < 4.78 is 10.1. The van der Waals surface area contributed by atoms with Crippen molar-refractivity contribution in [3.63, 3.8) is 0 Å². The van der Waals surface area contributed by atoms with Gasteiger partial charge in [-0.15, -0.1) is 0 Å². The zero-order chi connectivity index (χ0) is 18.8. The number of aldehydes is 1. The Labute approximate surface area is 148 Å². The fraction of sp³-hybridized carbons (Fsp3) is 0.556. The van der Waals surface area contributed by atoms with Crippen LogP contribution in [-0.2, 0) is 14.3 Å². The topological polar surface area (TPSA) is 102 Å². The molecule has 1 aliphatic rings. The van der Waals surface area contributed by atoms with Crippen LogP contribution in [0, 0.1) is 0 Å². The first-order chi connectivity index (χ1) is 12.0. The van der Waals surface area contributed by atoms with E-state index >= 15 is 0 Å². The lowest BCUT2D eigenvalue weighted by Gasteiger charge is -2.21. The first kappa shape index (κ1) is 20.9. The average Bonchev–Trinajstić information content (AvgIpc) is 3.06. The maximum atomic E-state index is 12.2. The van der Waals surface area contributed by atoms with Gasteiger partial charge in [-0.3, -0.25) is 4.79 Å². The largest absolute Gasteiger partial charge is 0.506 e. The molecule has 0 aromatic heterocycles. The first-order valence-corrected chi connectivity index (χ1v) is 8.53. The fourth-order valence-electron chi connectivity index (χ4n) is 2.60. The zero-order valence-corrected chi connectivity index (χ0v) is 15.1. The summed E-state index contributed by atoms with van der Waals surface area (Å²) in [6.45, 7) is 7.80. The minimum Gasteiger partial charge on any atom is -0.506 e. The Kier molecular flexibility index (Phi) is 8.94. The van der Waals surface area contributed by atoms with Gasteiger partial charge in [0.15, 0.2) is 6.29 Å². The van der Waals surface area contributed by atoms with Crippen molar-refractivity contribution in [2.24, 2.45) is 0 Å². The Bertz CT molecular complexity index is 558. The maximum Gasteiger partial charge on any atom is 0.256 e. The van der Waals surface area contributed by atoms with Crippen LogP contribution in [0.5, 0.6) is 5.75 Å². The number of carbonyl (C=O) groups excluding carboxylic acids is 2. The molecule has 0 bridgehead atoms. The van der Waals surface area contributed by atoms with Crippen LogP contribution >= 0.6 is 0 Å².